The maximum Gasteiger partial charge on any atom is 0.235 e. The van der Waals surface area contributed by atoms with Crippen molar-refractivity contribution in [2.75, 3.05) is 0 Å². The Bertz CT molecular complexity index is 630. The van der Waals surface area contributed by atoms with Gasteiger partial charge in [-0.1, -0.05) is 22.9 Å². The van der Waals surface area contributed by atoms with E-state index in [0.29, 0.717) is 11.1 Å². The lowest BCUT2D eigenvalue weighted by Crippen LogP contribution is -2.24. The molecule has 0 bridgehead atoms. The smallest absolute Gasteiger partial charge is 0.235 e. The molecule has 2 nitrogen and oxygen atoms in total. The zero-order valence-electron chi connectivity index (χ0n) is 9.54. The molecule has 0 spiro atoms. The Kier molecular flexibility index (Phi) is 3.12. The van der Waals surface area contributed by atoms with Gasteiger partial charge in [0, 0.05) is 22.0 Å². The van der Waals surface area contributed by atoms with Crippen LogP contribution in [0.1, 0.15) is 27.7 Å². The maximum atomic E-state index is 12.2. The normalized spacial score (nSPS) is 26.7. The zero-order valence-corrected chi connectivity index (χ0v) is 14.3. The van der Waals surface area contributed by atoms with Crippen LogP contribution in [0.5, 0.6) is 0 Å². The van der Waals surface area contributed by atoms with Gasteiger partial charge in [0.05, 0.1) is 12.8 Å². The van der Waals surface area contributed by atoms with Crippen LogP contribution in [-0.4, -0.2) is 15.7 Å². The molecule has 2 heterocycles. The van der Waals surface area contributed by atoms with E-state index in [9.17, 15) is 9.59 Å². The van der Waals surface area contributed by atoms with Crippen LogP contribution in [0, 0.1) is 12.8 Å². The number of carbonyl (C=O) groups is 2. The number of allylic oxidation sites excluding steroid dienone is 1. The van der Waals surface area contributed by atoms with E-state index < -0.39 is 0 Å². The van der Waals surface area contributed by atoms with Crippen molar-refractivity contribution in [3.8, 4) is 0 Å². The zero-order chi connectivity index (χ0) is 13.2. The lowest BCUT2D eigenvalue weighted by molar-refractivity contribution is -0.112. The highest BCUT2D eigenvalue weighted by atomic mass is 79.9. The number of thioether (sulfide) groups is 1. The third kappa shape index (κ3) is 1.58. The first-order valence-corrected chi connectivity index (χ1v) is 8.77. The molecular weight excluding hydrogens is 400 g/mol. The predicted molar refractivity (Wildman–Crippen MR) is 82.5 cm³/mol. The number of halogens is 2. The standard InChI is InChI=1S/C12H8Br2O2S2/c1-3-5-7(15)8(16)6-4(2)12(14)18-10(6)9(5)17-11(3)13/h3,11H,1-2H3. The highest BCUT2D eigenvalue weighted by molar-refractivity contribution is 9.11. The molecule has 0 amide bonds. The fraction of sp³-hybridized carbons (Fsp3) is 0.333. The lowest BCUT2D eigenvalue weighted by Gasteiger charge is -2.14. The average molecular weight is 408 g/mol. The van der Waals surface area contributed by atoms with Gasteiger partial charge in [0.1, 0.15) is 0 Å². The summed E-state index contributed by atoms with van der Waals surface area (Å²) in [4.78, 5) is 26.4. The summed E-state index contributed by atoms with van der Waals surface area (Å²) in [6.07, 6.45) is 0. The third-order valence-corrected chi connectivity index (χ3v) is 8.25. The monoisotopic (exact) mass is 406 g/mol. The highest BCUT2D eigenvalue weighted by Crippen LogP contribution is 2.55. The molecule has 18 heavy (non-hydrogen) atoms. The van der Waals surface area contributed by atoms with E-state index in [1.807, 2.05) is 13.8 Å². The molecule has 0 aromatic carbocycles. The largest absolute Gasteiger partial charge is 0.285 e. The van der Waals surface area contributed by atoms with E-state index in [4.69, 9.17) is 0 Å². The Morgan fingerprint density at radius 2 is 1.89 bits per heavy atom. The first kappa shape index (κ1) is 13.1. The fourth-order valence-corrected chi connectivity index (χ4v) is 6.20. The van der Waals surface area contributed by atoms with Gasteiger partial charge in [-0.3, -0.25) is 9.59 Å². The molecule has 94 valence electrons. The molecule has 1 aliphatic heterocycles. The molecule has 2 aliphatic rings. The minimum absolute atomic E-state index is 0.0794. The van der Waals surface area contributed by atoms with Crippen molar-refractivity contribution in [3.05, 3.63) is 25.4 Å². The summed E-state index contributed by atoms with van der Waals surface area (Å²) in [6, 6.07) is 0. The van der Waals surface area contributed by atoms with Crippen LogP contribution in [0.25, 0.3) is 4.91 Å². The van der Waals surface area contributed by atoms with Crippen LogP contribution in [-0.2, 0) is 4.79 Å². The van der Waals surface area contributed by atoms with Crippen molar-refractivity contribution >= 4 is 71.4 Å². The molecule has 0 saturated heterocycles. The summed E-state index contributed by atoms with van der Waals surface area (Å²) in [5.41, 5.74) is 2.16. The minimum Gasteiger partial charge on any atom is -0.285 e. The molecule has 1 aromatic heterocycles. The van der Waals surface area contributed by atoms with E-state index in [1.165, 1.54) is 0 Å². The number of alkyl halides is 1. The summed E-state index contributed by atoms with van der Waals surface area (Å²) in [5, 5.41) is 0. The fourth-order valence-electron chi connectivity index (χ4n) is 2.26. The molecular formula is C12H8Br2O2S2. The Morgan fingerprint density at radius 3 is 2.56 bits per heavy atom. The molecule has 1 aliphatic carbocycles. The molecule has 0 radical (unpaired) electrons. The van der Waals surface area contributed by atoms with Crippen LogP contribution >= 0.6 is 55.0 Å². The third-order valence-electron chi connectivity index (χ3n) is 3.30. The molecule has 0 N–H and O–H groups in total. The second-order valence-corrected chi connectivity index (χ2v) is 9.45. The number of rotatable bonds is 0. The highest BCUT2D eigenvalue weighted by Gasteiger charge is 2.44. The van der Waals surface area contributed by atoms with Crippen molar-refractivity contribution in [2.45, 2.75) is 18.0 Å². The lowest BCUT2D eigenvalue weighted by atomic mass is 9.87. The second kappa shape index (κ2) is 4.30. The summed E-state index contributed by atoms with van der Waals surface area (Å²) in [5.74, 6) is -0.596. The first-order valence-electron chi connectivity index (χ1n) is 5.36. The van der Waals surface area contributed by atoms with E-state index in [-0.39, 0.29) is 21.6 Å². The van der Waals surface area contributed by atoms with Gasteiger partial charge in [0.2, 0.25) is 11.6 Å². The number of hydrogen-bond donors (Lipinski definition) is 0. The van der Waals surface area contributed by atoms with Crippen LogP contribution in [0.2, 0.25) is 0 Å². The van der Waals surface area contributed by atoms with Crippen molar-refractivity contribution in [1.82, 2.24) is 0 Å². The van der Waals surface area contributed by atoms with E-state index in [2.05, 4.69) is 31.9 Å². The Labute approximate surface area is 129 Å². The number of ketones is 2. The quantitative estimate of drug-likeness (QED) is 0.472. The first-order chi connectivity index (χ1) is 8.43. The Hall–Kier alpha value is 0.0900. The van der Waals surface area contributed by atoms with Crippen LogP contribution < -0.4 is 0 Å². The molecule has 0 saturated carbocycles. The summed E-state index contributed by atoms with van der Waals surface area (Å²) >= 11 is 10.2. The maximum absolute atomic E-state index is 12.2. The van der Waals surface area contributed by atoms with Crippen LogP contribution in [0.3, 0.4) is 0 Å². The summed E-state index contributed by atoms with van der Waals surface area (Å²) in [6.45, 7) is 3.87. The van der Waals surface area contributed by atoms with Crippen molar-refractivity contribution in [1.29, 1.82) is 0 Å². The van der Waals surface area contributed by atoms with E-state index >= 15 is 0 Å². The van der Waals surface area contributed by atoms with E-state index in [1.54, 1.807) is 23.1 Å². The van der Waals surface area contributed by atoms with Gasteiger partial charge in [-0.2, -0.15) is 0 Å². The van der Waals surface area contributed by atoms with Gasteiger partial charge in [0.15, 0.2) is 0 Å². The molecule has 3 rings (SSSR count). The number of Topliss-reactive ketones (excluding diaryl/α,β-unsaturated/α-hetero) is 2. The number of hydrogen-bond acceptors (Lipinski definition) is 4. The van der Waals surface area contributed by atoms with Gasteiger partial charge in [-0.25, -0.2) is 0 Å². The predicted octanol–water partition coefficient (Wildman–Crippen LogP) is 4.40. The van der Waals surface area contributed by atoms with Gasteiger partial charge in [0.25, 0.3) is 0 Å². The van der Waals surface area contributed by atoms with Crippen LogP contribution in [0.15, 0.2) is 9.36 Å². The number of fused-ring (bicyclic) bond motifs is 2. The van der Waals surface area contributed by atoms with E-state index in [0.717, 1.165) is 19.1 Å². The number of thiophene rings is 1. The summed E-state index contributed by atoms with van der Waals surface area (Å²) < 4.78 is 1.11. The Morgan fingerprint density at radius 1 is 1.22 bits per heavy atom. The second-order valence-electron chi connectivity index (χ2n) is 4.36. The van der Waals surface area contributed by atoms with Crippen molar-refractivity contribution in [2.24, 2.45) is 5.92 Å². The van der Waals surface area contributed by atoms with Gasteiger partial charge >= 0.3 is 0 Å². The van der Waals surface area contributed by atoms with Crippen LogP contribution in [0.4, 0.5) is 0 Å². The molecule has 0 fully saturated rings. The van der Waals surface area contributed by atoms with Crippen molar-refractivity contribution in [3.63, 3.8) is 0 Å². The Balaban J connectivity index is 2.31. The van der Waals surface area contributed by atoms with Crippen molar-refractivity contribution < 1.29 is 9.59 Å². The topological polar surface area (TPSA) is 34.1 Å². The molecule has 2 atom stereocenters. The summed E-state index contributed by atoms with van der Waals surface area (Å²) in [7, 11) is 0. The van der Waals surface area contributed by atoms with Gasteiger partial charge < -0.3 is 0 Å². The van der Waals surface area contributed by atoms with Gasteiger partial charge in [-0.15, -0.1) is 23.1 Å². The SMILES string of the molecule is Cc1c(Br)sc2c1C(=O)C(=O)C1=C2SC(Br)C1C. The number of carbonyl (C=O) groups excluding carboxylic acids is 2. The van der Waals surface area contributed by atoms with Gasteiger partial charge in [-0.05, 0) is 28.4 Å². The molecule has 1 aromatic rings. The molecule has 6 heteroatoms. The average Bonchev–Trinajstić information content (AvgIpc) is 2.77. The minimum atomic E-state index is -0.350. The molecule has 2 unspecified atom stereocenters.